The Morgan fingerprint density at radius 1 is 0.743 bits per heavy atom. The summed E-state index contributed by atoms with van der Waals surface area (Å²) in [5.41, 5.74) is 0. The van der Waals surface area contributed by atoms with Crippen molar-refractivity contribution in [2.75, 3.05) is 20.2 Å². The summed E-state index contributed by atoms with van der Waals surface area (Å²) in [6.45, 7) is -1.07. The van der Waals surface area contributed by atoms with Gasteiger partial charge in [-0.1, -0.05) is 0 Å². The molecule has 0 aromatic heterocycles. The Hall–Kier alpha value is -1.74. The molecule has 2 unspecified atom stereocenters. The van der Waals surface area contributed by atoms with E-state index in [4.69, 9.17) is 14.2 Å². The summed E-state index contributed by atoms with van der Waals surface area (Å²) in [4.78, 5) is 23.7. The molecule has 2 amide bonds. The van der Waals surface area contributed by atoms with Crippen molar-refractivity contribution < 1.29 is 58.9 Å². The second kappa shape index (κ2) is 12.5. The van der Waals surface area contributed by atoms with Crippen molar-refractivity contribution in [3.63, 3.8) is 0 Å². The van der Waals surface area contributed by atoms with Gasteiger partial charge in [0, 0.05) is 45.9 Å². The quantitative estimate of drug-likeness (QED) is 0.314. The molecule has 7 nitrogen and oxygen atoms in total. The van der Waals surface area contributed by atoms with Crippen LogP contribution in [-0.4, -0.2) is 74.4 Å². The zero-order chi connectivity index (χ0) is 27.1. The van der Waals surface area contributed by atoms with Gasteiger partial charge in [-0.25, -0.2) is 35.1 Å². The zero-order valence-electron chi connectivity index (χ0n) is 19.5. The van der Waals surface area contributed by atoms with Crippen LogP contribution in [0.15, 0.2) is 0 Å². The van der Waals surface area contributed by atoms with Gasteiger partial charge in [0.2, 0.25) is 11.8 Å². The van der Waals surface area contributed by atoms with Gasteiger partial charge in [0.1, 0.15) is 12.2 Å². The molecule has 1 heterocycles. The fourth-order valence-corrected chi connectivity index (χ4v) is 3.25. The van der Waals surface area contributed by atoms with Crippen LogP contribution in [0.3, 0.4) is 0 Å². The summed E-state index contributed by atoms with van der Waals surface area (Å²) in [5, 5.41) is 4.57. The van der Waals surface area contributed by atoms with E-state index in [-0.39, 0.29) is 13.1 Å². The minimum Gasteiger partial charge on any atom is -0.353 e. The Bertz CT molecular complexity index is 644. The van der Waals surface area contributed by atoms with Gasteiger partial charge in [0.05, 0.1) is 12.8 Å². The maximum Gasteiger partial charge on any atom is 0.272 e. The maximum atomic E-state index is 13.5. The van der Waals surface area contributed by atoms with Crippen molar-refractivity contribution >= 4 is 11.8 Å². The number of amides is 2. The van der Waals surface area contributed by atoms with Crippen LogP contribution in [0.5, 0.6) is 0 Å². The molecule has 2 atom stereocenters. The summed E-state index contributed by atoms with van der Waals surface area (Å²) in [6.07, 6.45) is -8.95. The molecule has 1 fully saturated rings. The Balaban J connectivity index is 2.49. The highest BCUT2D eigenvalue weighted by molar-refractivity contribution is 5.76. The van der Waals surface area contributed by atoms with Crippen LogP contribution in [0.25, 0.3) is 0 Å². The highest BCUT2D eigenvalue weighted by Gasteiger charge is 2.41. The molecule has 35 heavy (non-hydrogen) atoms. The highest BCUT2D eigenvalue weighted by atomic mass is 19.3. The van der Waals surface area contributed by atoms with Gasteiger partial charge in [-0.05, 0) is 13.8 Å². The number of ether oxygens (including phenoxy) is 3. The third-order valence-corrected chi connectivity index (χ3v) is 4.75. The maximum absolute atomic E-state index is 13.5. The van der Waals surface area contributed by atoms with E-state index in [0.29, 0.717) is 13.8 Å². The summed E-state index contributed by atoms with van der Waals surface area (Å²) >= 11 is 0. The number of nitrogens with one attached hydrogen (secondary N) is 2. The molecule has 1 saturated heterocycles. The predicted octanol–water partition coefficient (Wildman–Crippen LogP) is 3.85. The highest BCUT2D eigenvalue weighted by Crippen LogP contribution is 2.34. The van der Waals surface area contributed by atoms with Gasteiger partial charge in [-0.15, -0.1) is 0 Å². The van der Waals surface area contributed by atoms with Gasteiger partial charge < -0.3 is 24.8 Å². The minimum absolute atomic E-state index is 0.279. The van der Waals surface area contributed by atoms with Crippen LogP contribution < -0.4 is 10.6 Å². The van der Waals surface area contributed by atoms with Gasteiger partial charge in [-0.2, -0.15) is 0 Å². The van der Waals surface area contributed by atoms with Crippen LogP contribution >= 0.6 is 0 Å². The van der Waals surface area contributed by atoms with E-state index in [1.54, 1.807) is 0 Å². The van der Waals surface area contributed by atoms with Gasteiger partial charge >= 0.3 is 0 Å². The molecular formula is C20H30F8N2O5. The van der Waals surface area contributed by atoms with Crippen molar-refractivity contribution in [1.29, 1.82) is 0 Å². The molecule has 0 aromatic carbocycles. The second-order valence-corrected chi connectivity index (χ2v) is 8.69. The standard InChI is InChI=1S/C20H30F8N2O5/c1-17(21,22)10-19(25,26)6-4-14(31)29-8-12-13(35-16(33-3)34-12)9-30-15(32)5-7-20(27,28)11-18(2,23)24/h12-13,16H,4-11H2,1-3H3,(H,29,31)(H,30,32). The fourth-order valence-electron chi connectivity index (χ4n) is 3.25. The Morgan fingerprint density at radius 3 is 1.37 bits per heavy atom. The van der Waals surface area contributed by atoms with Gasteiger partial charge in [-0.3, -0.25) is 9.59 Å². The summed E-state index contributed by atoms with van der Waals surface area (Å²) < 4.78 is 121. The Kier molecular flexibility index (Phi) is 11.2. The average Bonchev–Trinajstić information content (AvgIpc) is 3.06. The second-order valence-electron chi connectivity index (χ2n) is 8.69. The fraction of sp³-hybridized carbons (Fsp3) is 0.900. The first-order valence-electron chi connectivity index (χ1n) is 10.7. The molecule has 0 spiro atoms. The van der Waals surface area contributed by atoms with Crippen LogP contribution in [0, 0.1) is 0 Å². The lowest BCUT2D eigenvalue weighted by atomic mass is 10.1. The first-order valence-corrected chi connectivity index (χ1v) is 10.7. The van der Waals surface area contributed by atoms with Crippen molar-refractivity contribution in [1.82, 2.24) is 10.6 Å². The van der Waals surface area contributed by atoms with E-state index in [1.807, 2.05) is 0 Å². The number of halogens is 8. The molecule has 1 rings (SSSR count). The predicted molar refractivity (Wildman–Crippen MR) is 105 cm³/mol. The topological polar surface area (TPSA) is 85.9 Å². The van der Waals surface area contributed by atoms with E-state index in [0.717, 1.165) is 0 Å². The number of carbonyl (C=O) groups excluding carboxylic acids is 2. The van der Waals surface area contributed by atoms with Crippen LogP contribution in [0.4, 0.5) is 35.1 Å². The molecular weight excluding hydrogens is 500 g/mol. The van der Waals surface area contributed by atoms with E-state index < -0.39 is 92.7 Å². The van der Waals surface area contributed by atoms with E-state index >= 15 is 0 Å². The van der Waals surface area contributed by atoms with E-state index in [2.05, 4.69) is 10.6 Å². The van der Waals surface area contributed by atoms with Crippen molar-refractivity contribution in [3.8, 4) is 0 Å². The number of rotatable bonds is 15. The molecule has 0 saturated carbocycles. The Morgan fingerprint density at radius 2 is 1.09 bits per heavy atom. The molecule has 206 valence electrons. The lowest BCUT2D eigenvalue weighted by Crippen LogP contribution is -2.43. The van der Waals surface area contributed by atoms with Crippen molar-refractivity contribution in [2.45, 2.75) is 94.7 Å². The lowest BCUT2D eigenvalue weighted by Gasteiger charge is -2.21. The van der Waals surface area contributed by atoms with E-state index in [9.17, 15) is 44.7 Å². The molecule has 15 heteroatoms. The summed E-state index contributed by atoms with van der Waals surface area (Å²) in [6, 6.07) is 0. The number of alkyl halides is 8. The van der Waals surface area contributed by atoms with Crippen LogP contribution in [-0.2, 0) is 23.8 Å². The average molecular weight is 530 g/mol. The lowest BCUT2D eigenvalue weighted by molar-refractivity contribution is -0.227. The first kappa shape index (κ1) is 31.3. The minimum atomic E-state index is -3.75. The molecule has 1 aliphatic rings. The zero-order valence-corrected chi connectivity index (χ0v) is 19.5. The van der Waals surface area contributed by atoms with Gasteiger partial charge in [0.25, 0.3) is 30.2 Å². The third kappa shape index (κ3) is 13.8. The molecule has 2 N–H and O–H groups in total. The smallest absolute Gasteiger partial charge is 0.272 e. The Labute approximate surface area is 197 Å². The monoisotopic (exact) mass is 530 g/mol. The summed E-state index contributed by atoms with van der Waals surface area (Å²) in [5.74, 6) is -16.4. The molecule has 0 aromatic rings. The molecule has 0 radical (unpaired) electrons. The van der Waals surface area contributed by atoms with Crippen LogP contribution in [0.2, 0.25) is 0 Å². The number of carbonyl (C=O) groups is 2. The number of hydrogen-bond acceptors (Lipinski definition) is 5. The van der Waals surface area contributed by atoms with Crippen LogP contribution in [0.1, 0.15) is 52.4 Å². The largest absolute Gasteiger partial charge is 0.353 e. The number of hydrogen-bond donors (Lipinski definition) is 2. The molecule has 0 bridgehead atoms. The SMILES string of the molecule is COC1OC(CNC(=O)CCC(F)(F)CC(C)(F)F)C(CNC(=O)CCC(F)(F)CC(C)(F)F)O1. The number of methoxy groups -OCH3 is 1. The normalized spacial score (nSPS) is 21.7. The van der Waals surface area contributed by atoms with Gasteiger partial charge in [0.15, 0.2) is 0 Å². The first-order chi connectivity index (χ1) is 15.8. The third-order valence-electron chi connectivity index (χ3n) is 4.75. The van der Waals surface area contributed by atoms with E-state index in [1.165, 1.54) is 7.11 Å². The summed E-state index contributed by atoms with van der Waals surface area (Å²) in [7, 11) is 1.22. The molecule has 0 aliphatic carbocycles. The van der Waals surface area contributed by atoms with Crippen molar-refractivity contribution in [3.05, 3.63) is 0 Å². The molecule has 1 aliphatic heterocycles. The van der Waals surface area contributed by atoms with Crippen molar-refractivity contribution in [2.24, 2.45) is 0 Å².